The second kappa shape index (κ2) is 10.4. The van der Waals surface area contributed by atoms with E-state index < -0.39 is 0 Å². The number of carbonyl (C=O) groups excluding carboxylic acids is 1. The predicted octanol–water partition coefficient (Wildman–Crippen LogP) is 4.70. The first-order valence-corrected chi connectivity index (χ1v) is 11.5. The number of nitrogens with one attached hydrogen (secondary N) is 1. The highest BCUT2D eigenvalue weighted by Gasteiger charge is 2.22. The maximum atomic E-state index is 12.8. The van der Waals surface area contributed by atoms with Crippen LogP contribution in [0, 0.1) is 6.92 Å². The van der Waals surface area contributed by atoms with Crippen molar-refractivity contribution in [3.63, 3.8) is 0 Å². The number of nitrogens with zero attached hydrogens (tertiary/aromatic N) is 3. The Morgan fingerprint density at radius 3 is 2.52 bits per heavy atom. The third-order valence-corrected chi connectivity index (χ3v) is 6.36. The summed E-state index contributed by atoms with van der Waals surface area (Å²) in [6.07, 6.45) is 1.65. The van der Waals surface area contributed by atoms with Gasteiger partial charge in [-0.05, 0) is 43.2 Å². The van der Waals surface area contributed by atoms with Crippen molar-refractivity contribution in [2.75, 3.05) is 7.11 Å². The SMILES string of the molecule is COc1ccc(CNC(=O)[C@H](C)Sc2nnc(-c3ccoc3C)n2Cc2ccccc2)cc1. The molecule has 0 saturated heterocycles. The van der Waals surface area contributed by atoms with Crippen LogP contribution in [0.1, 0.15) is 23.8 Å². The van der Waals surface area contributed by atoms with E-state index in [-0.39, 0.29) is 11.2 Å². The number of ether oxygens (including phenoxy) is 1. The minimum absolute atomic E-state index is 0.0638. The third-order valence-electron chi connectivity index (χ3n) is 5.28. The van der Waals surface area contributed by atoms with E-state index in [4.69, 9.17) is 9.15 Å². The Balaban J connectivity index is 1.49. The second-order valence-electron chi connectivity index (χ2n) is 7.59. The number of hydrogen-bond donors (Lipinski definition) is 1. The van der Waals surface area contributed by atoms with Gasteiger partial charge in [-0.15, -0.1) is 10.2 Å². The number of aryl methyl sites for hydroxylation is 1. The summed E-state index contributed by atoms with van der Waals surface area (Å²) in [5.41, 5.74) is 3.02. The van der Waals surface area contributed by atoms with Crippen molar-refractivity contribution in [1.29, 1.82) is 0 Å². The number of furan rings is 1. The Morgan fingerprint density at radius 2 is 1.85 bits per heavy atom. The van der Waals surface area contributed by atoms with Crippen molar-refractivity contribution in [3.05, 3.63) is 83.8 Å². The van der Waals surface area contributed by atoms with E-state index in [1.807, 2.05) is 66.9 Å². The molecule has 170 valence electrons. The molecule has 1 atom stereocenters. The van der Waals surface area contributed by atoms with Gasteiger partial charge in [0.25, 0.3) is 0 Å². The Hall–Kier alpha value is -3.52. The quantitative estimate of drug-likeness (QED) is 0.363. The molecule has 0 bridgehead atoms. The molecule has 8 heteroatoms. The van der Waals surface area contributed by atoms with Crippen molar-refractivity contribution in [3.8, 4) is 17.1 Å². The van der Waals surface area contributed by atoms with E-state index >= 15 is 0 Å². The Kier molecular flexibility index (Phi) is 7.14. The fourth-order valence-electron chi connectivity index (χ4n) is 3.39. The lowest BCUT2D eigenvalue weighted by molar-refractivity contribution is -0.120. The van der Waals surface area contributed by atoms with Gasteiger partial charge in [0.1, 0.15) is 11.5 Å². The summed E-state index contributed by atoms with van der Waals surface area (Å²) in [6, 6.07) is 19.6. The van der Waals surface area contributed by atoms with Crippen LogP contribution >= 0.6 is 11.8 Å². The van der Waals surface area contributed by atoms with Crippen molar-refractivity contribution < 1.29 is 13.9 Å². The van der Waals surface area contributed by atoms with Gasteiger partial charge in [-0.1, -0.05) is 54.2 Å². The molecular weight excluding hydrogens is 436 g/mol. The van der Waals surface area contributed by atoms with Crippen LogP contribution in [-0.2, 0) is 17.9 Å². The lowest BCUT2D eigenvalue weighted by Gasteiger charge is -2.14. The van der Waals surface area contributed by atoms with Crippen molar-refractivity contribution in [1.82, 2.24) is 20.1 Å². The van der Waals surface area contributed by atoms with Gasteiger partial charge in [-0.3, -0.25) is 9.36 Å². The van der Waals surface area contributed by atoms with Crippen LogP contribution < -0.4 is 10.1 Å². The number of carbonyl (C=O) groups is 1. The average molecular weight is 463 g/mol. The standard InChI is InChI=1S/C25H26N4O3S/c1-17-22(13-14-32-17)23-27-28-25(29(23)16-20-7-5-4-6-8-20)33-18(2)24(30)26-15-19-9-11-21(31-3)12-10-19/h4-14,18H,15-16H2,1-3H3,(H,26,30)/t18-/m0/s1. The highest BCUT2D eigenvalue weighted by atomic mass is 32.2. The summed E-state index contributed by atoms with van der Waals surface area (Å²) in [5.74, 6) is 2.22. The van der Waals surface area contributed by atoms with E-state index in [2.05, 4.69) is 27.6 Å². The highest BCUT2D eigenvalue weighted by molar-refractivity contribution is 8.00. The van der Waals surface area contributed by atoms with Gasteiger partial charge in [-0.25, -0.2) is 0 Å². The molecule has 2 aromatic carbocycles. The number of hydrogen-bond acceptors (Lipinski definition) is 6. The molecule has 1 N–H and O–H groups in total. The van der Waals surface area contributed by atoms with Crippen molar-refractivity contribution in [2.45, 2.75) is 37.3 Å². The third kappa shape index (κ3) is 5.46. The van der Waals surface area contributed by atoms with Gasteiger partial charge in [0.2, 0.25) is 5.91 Å². The maximum absolute atomic E-state index is 12.8. The molecule has 0 radical (unpaired) electrons. The molecule has 0 unspecified atom stereocenters. The number of methoxy groups -OCH3 is 1. The van der Waals surface area contributed by atoms with E-state index in [1.165, 1.54) is 11.8 Å². The monoisotopic (exact) mass is 462 g/mol. The first-order chi connectivity index (χ1) is 16.0. The largest absolute Gasteiger partial charge is 0.497 e. The fraction of sp³-hybridized carbons (Fsp3) is 0.240. The number of benzene rings is 2. The minimum atomic E-state index is -0.347. The molecule has 0 spiro atoms. The van der Waals surface area contributed by atoms with Crippen LogP contribution in [-0.4, -0.2) is 33.0 Å². The molecule has 2 aromatic heterocycles. The molecule has 0 aliphatic carbocycles. The zero-order valence-corrected chi connectivity index (χ0v) is 19.6. The topological polar surface area (TPSA) is 82.2 Å². The zero-order valence-electron chi connectivity index (χ0n) is 18.8. The maximum Gasteiger partial charge on any atom is 0.233 e. The van der Waals surface area contributed by atoms with Crippen LogP contribution in [0.5, 0.6) is 5.75 Å². The van der Waals surface area contributed by atoms with Gasteiger partial charge in [0.05, 0.1) is 30.7 Å². The zero-order chi connectivity index (χ0) is 23.2. The van der Waals surface area contributed by atoms with E-state index in [1.54, 1.807) is 13.4 Å². The van der Waals surface area contributed by atoms with Gasteiger partial charge in [0, 0.05) is 6.54 Å². The first kappa shape index (κ1) is 22.7. The lowest BCUT2D eigenvalue weighted by Crippen LogP contribution is -2.30. The first-order valence-electron chi connectivity index (χ1n) is 10.6. The predicted molar refractivity (Wildman–Crippen MR) is 128 cm³/mol. The van der Waals surface area contributed by atoms with Crippen LogP contribution in [0.15, 0.2) is 76.5 Å². The van der Waals surface area contributed by atoms with Gasteiger partial charge in [-0.2, -0.15) is 0 Å². The Morgan fingerprint density at radius 1 is 1.09 bits per heavy atom. The summed E-state index contributed by atoms with van der Waals surface area (Å²) in [5, 5.41) is 12.2. The Bertz CT molecular complexity index is 1200. The molecule has 0 saturated carbocycles. The molecule has 2 heterocycles. The van der Waals surface area contributed by atoms with Crippen LogP contribution in [0.25, 0.3) is 11.4 Å². The lowest BCUT2D eigenvalue weighted by atomic mass is 10.2. The molecule has 4 rings (SSSR count). The molecule has 1 amide bonds. The second-order valence-corrected chi connectivity index (χ2v) is 8.90. The number of rotatable bonds is 9. The summed E-state index contributed by atoms with van der Waals surface area (Å²) >= 11 is 1.39. The normalized spacial score (nSPS) is 11.8. The molecule has 7 nitrogen and oxygen atoms in total. The van der Waals surface area contributed by atoms with Crippen LogP contribution in [0.4, 0.5) is 0 Å². The molecule has 0 fully saturated rings. The summed E-state index contributed by atoms with van der Waals surface area (Å²) < 4.78 is 12.7. The van der Waals surface area contributed by atoms with Crippen molar-refractivity contribution >= 4 is 17.7 Å². The van der Waals surface area contributed by atoms with Gasteiger partial charge in [0.15, 0.2) is 11.0 Å². The Labute approximate surface area is 197 Å². The molecule has 33 heavy (non-hydrogen) atoms. The molecular formula is C25H26N4O3S. The fourth-order valence-corrected chi connectivity index (χ4v) is 4.26. The molecule has 4 aromatic rings. The van der Waals surface area contributed by atoms with E-state index in [9.17, 15) is 4.79 Å². The minimum Gasteiger partial charge on any atom is -0.497 e. The van der Waals surface area contributed by atoms with E-state index in [0.717, 1.165) is 34.0 Å². The summed E-state index contributed by atoms with van der Waals surface area (Å²) in [4.78, 5) is 12.8. The average Bonchev–Trinajstić information content (AvgIpc) is 3.44. The summed E-state index contributed by atoms with van der Waals surface area (Å²) in [6.45, 7) is 4.82. The smallest absolute Gasteiger partial charge is 0.233 e. The highest BCUT2D eigenvalue weighted by Crippen LogP contribution is 2.30. The molecule has 0 aliphatic rings. The van der Waals surface area contributed by atoms with Crippen molar-refractivity contribution in [2.24, 2.45) is 0 Å². The van der Waals surface area contributed by atoms with E-state index in [0.29, 0.717) is 18.2 Å². The summed E-state index contributed by atoms with van der Waals surface area (Å²) in [7, 11) is 1.63. The number of aromatic nitrogens is 3. The van der Waals surface area contributed by atoms with Gasteiger partial charge >= 0.3 is 0 Å². The number of amides is 1. The van der Waals surface area contributed by atoms with Gasteiger partial charge < -0.3 is 14.5 Å². The molecule has 0 aliphatic heterocycles. The van der Waals surface area contributed by atoms with Crippen LogP contribution in [0.2, 0.25) is 0 Å². The van der Waals surface area contributed by atoms with Crippen LogP contribution in [0.3, 0.4) is 0 Å². The number of thioether (sulfide) groups is 1.